The van der Waals surface area contributed by atoms with E-state index in [9.17, 15) is 9.59 Å². The fourth-order valence-corrected chi connectivity index (χ4v) is 0.951. The number of aliphatic carboxylic acids is 2. The Morgan fingerprint density at radius 2 is 1.92 bits per heavy atom. The molecule has 0 saturated carbocycles. The van der Waals surface area contributed by atoms with Crippen molar-refractivity contribution in [3.63, 3.8) is 0 Å². The van der Waals surface area contributed by atoms with Crippen molar-refractivity contribution in [3.05, 3.63) is 0 Å². The minimum absolute atomic E-state index is 0.191. The highest BCUT2D eigenvalue weighted by Crippen LogP contribution is 2.11. The van der Waals surface area contributed by atoms with Crippen molar-refractivity contribution < 1.29 is 19.8 Å². The summed E-state index contributed by atoms with van der Waals surface area (Å²) in [6, 6.07) is -1.08. The summed E-state index contributed by atoms with van der Waals surface area (Å²) in [5.74, 6) is -2.65. The zero-order chi connectivity index (χ0) is 9.72. The van der Waals surface area contributed by atoms with Crippen molar-refractivity contribution in [2.24, 2.45) is 11.7 Å². The largest absolute Gasteiger partial charge is 0.481 e. The molecule has 0 aromatic rings. The smallest absolute Gasteiger partial charge is 0.320 e. The quantitative estimate of drug-likeness (QED) is 0.541. The van der Waals surface area contributed by atoms with Gasteiger partial charge in [-0.05, 0) is 5.92 Å². The van der Waals surface area contributed by atoms with Crippen LogP contribution in [0.2, 0.25) is 0 Å². The molecule has 0 fully saturated rings. The maximum absolute atomic E-state index is 10.4. The van der Waals surface area contributed by atoms with Gasteiger partial charge in [0, 0.05) is 0 Å². The lowest BCUT2D eigenvalue weighted by Crippen LogP contribution is -2.38. The average Bonchev–Trinajstić information content (AvgIpc) is 1.98. The summed E-state index contributed by atoms with van der Waals surface area (Å²) in [5.41, 5.74) is 5.26. The number of carboxylic acid groups (broad SMARTS) is 2. The van der Waals surface area contributed by atoms with Crippen molar-refractivity contribution in [1.82, 2.24) is 0 Å². The Morgan fingerprint density at radius 3 is 2.17 bits per heavy atom. The number of carbonyl (C=O) groups is 2. The Morgan fingerprint density at radius 1 is 1.42 bits per heavy atom. The summed E-state index contributed by atoms with van der Waals surface area (Å²) in [5, 5.41) is 16.9. The van der Waals surface area contributed by atoms with Crippen LogP contribution in [0.25, 0.3) is 0 Å². The summed E-state index contributed by atoms with van der Waals surface area (Å²) < 4.78 is 0. The van der Waals surface area contributed by atoms with Gasteiger partial charge in [-0.3, -0.25) is 9.59 Å². The average molecular weight is 175 g/mol. The summed E-state index contributed by atoms with van der Waals surface area (Å²) in [6.45, 7) is 1.72. The molecule has 0 radical (unpaired) electrons. The van der Waals surface area contributed by atoms with Crippen LogP contribution in [0.1, 0.15) is 19.8 Å². The van der Waals surface area contributed by atoms with Gasteiger partial charge in [0.25, 0.3) is 0 Å². The topological polar surface area (TPSA) is 101 Å². The molecule has 0 bridgehead atoms. The number of carboxylic acids is 2. The van der Waals surface area contributed by atoms with Gasteiger partial charge < -0.3 is 15.9 Å². The molecule has 0 saturated heterocycles. The number of rotatable bonds is 5. The van der Waals surface area contributed by atoms with Crippen LogP contribution in [-0.4, -0.2) is 28.2 Å². The SMILES string of the molecule is CC[C@@H](CC(=O)O)[C@H](N)C(=O)O. The number of hydrogen-bond donors (Lipinski definition) is 3. The molecule has 2 atom stereocenters. The second-order valence-electron chi connectivity index (χ2n) is 2.63. The van der Waals surface area contributed by atoms with Crippen molar-refractivity contribution in [2.75, 3.05) is 0 Å². The van der Waals surface area contributed by atoms with Crippen LogP contribution in [0.5, 0.6) is 0 Å². The van der Waals surface area contributed by atoms with Gasteiger partial charge in [0.1, 0.15) is 6.04 Å². The van der Waals surface area contributed by atoms with Crippen LogP contribution < -0.4 is 5.73 Å². The Bertz CT molecular complexity index is 180. The predicted octanol–water partition coefficient (Wildman–Crippen LogP) is -0.101. The van der Waals surface area contributed by atoms with Gasteiger partial charge in [-0.1, -0.05) is 13.3 Å². The van der Waals surface area contributed by atoms with E-state index in [0.29, 0.717) is 6.42 Å². The van der Waals surface area contributed by atoms with E-state index in [-0.39, 0.29) is 6.42 Å². The van der Waals surface area contributed by atoms with Crippen LogP contribution >= 0.6 is 0 Å². The van der Waals surface area contributed by atoms with Gasteiger partial charge in [0.2, 0.25) is 0 Å². The molecular formula is C7H13NO4. The fourth-order valence-electron chi connectivity index (χ4n) is 0.951. The van der Waals surface area contributed by atoms with Crippen molar-refractivity contribution in [3.8, 4) is 0 Å². The molecule has 0 aliphatic heterocycles. The number of hydrogen-bond acceptors (Lipinski definition) is 3. The summed E-state index contributed by atoms with van der Waals surface area (Å²) in [4.78, 5) is 20.6. The molecule has 0 aliphatic carbocycles. The first-order valence-corrected chi connectivity index (χ1v) is 3.69. The normalized spacial score (nSPS) is 15.2. The molecule has 70 valence electrons. The van der Waals surface area contributed by atoms with E-state index in [2.05, 4.69) is 0 Å². The van der Waals surface area contributed by atoms with Crippen LogP contribution in [0.15, 0.2) is 0 Å². The molecule has 0 rings (SSSR count). The van der Waals surface area contributed by atoms with Gasteiger partial charge in [0.05, 0.1) is 6.42 Å². The molecule has 0 unspecified atom stereocenters. The van der Waals surface area contributed by atoms with Gasteiger partial charge in [-0.15, -0.1) is 0 Å². The third-order valence-electron chi connectivity index (χ3n) is 1.75. The van der Waals surface area contributed by atoms with Crippen LogP contribution in [0.3, 0.4) is 0 Å². The standard InChI is InChI=1S/C7H13NO4/c1-2-4(3-5(9)10)6(8)7(11)12/h4,6H,2-3,8H2,1H3,(H,9,10)(H,11,12)/t4-,6-/m0/s1. The molecule has 5 heteroatoms. The monoisotopic (exact) mass is 175 g/mol. The highest BCUT2D eigenvalue weighted by atomic mass is 16.4. The van der Waals surface area contributed by atoms with E-state index >= 15 is 0 Å². The molecule has 5 nitrogen and oxygen atoms in total. The second kappa shape index (κ2) is 4.71. The Labute approximate surface area is 70.2 Å². The first kappa shape index (κ1) is 10.9. The van der Waals surface area contributed by atoms with Gasteiger partial charge in [0.15, 0.2) is 0 Å². The summed E-state index contributed by atoms with van der Waals surface area (Å²) in [7, 11) is 0. The van der Waals surface area contributed by atoms with Crippen LogP contribution in [0.4, 0.5) is 0 Å². The molecule has 4 N–H and O–H groups in total. The second-order valence-corrected chi connectivity index (χ2v) is 2.63. The molecule has 12 heavy (non-hydrogen) atoms. The fraction of sp³-hybridized carbons (Fsp3) is 0.714. The Hall–Kier alpha value is -1.10. The Kier molecular flexibility index (Phi) is 4.28. The highest BCUT2D eigenvalue weighted by Gasteiger charge is 2.24. The van der Waals surface area contributed by atoms with E-state index in [1.165, 1.54) is 0 Å². The first-order valence-electron chi connectivity index (χ1n) is 3.69. The lowest BCUT2D eigenvalue weighted by atomic mass is 9.94. The van der Waals surface area contributed by atoms with E-state index in [0.717, 1.165) is 0 Å². The molecule has 0 amide bonds. The third kappa shape index (κ3) is 3.34. The molecule has 0 heterocycles. The van der Waals surface area contributed by atoms with Gasteiger partial charge in [-0.2, -0.15) is 0 Å². The van der Waals surface area contributed by atoms with Crippen molar-refractivity contribution in [1.29, 1.82) is 0 Å². The minimum Gasteiger partial charge on any atom is -0.481 e. The Balaban J connectivity index is 4.14. The van der Waals surface area contributed by atoms with Crippen molar-refractivity contribution >= 4 is 11.9 Å². The van der Waals surface area contributed by atoms with Gasteiger partial charge >= 0.3 is 11.9 Å². The minimum atomic E-state index is -1.15. The van der Waals surface area contributed by atoms with E-state index in [1.54, 1.807) is 6.92 Å². The lowest BCUT2D eigenvalue weighted by molar-refractivity contribution is -0.142. The molecule has 0 aliphatic rings. The molecule has 0 aromatic carbocycles. The lowest BCUT2D eigenvalue weighted by Gasteiger charge is -2.16. The molecule has 0 aromatic heterocycles. The third-order valence-corrected chi connectivity index (χ3v) is 1.75. The van der Waals surface area contributed by atoms with Crippen LogP contribution in [0, 0.1) is 5.92 Å². The maximum Gasteiger partial charge on any atom is 0.320 e. The zero-order valence-electron chi connectivity index (χ0n) is 6.86. The van der Waals surface area contributed by atoms with E-state index in [4.69, 9.17) is 15.9 Å². The van der Waals surface area contributed by atoms with Crippen molar-refractivity contribution in [2.45, 2.75) is 25.8 Å². The summed E-state index contributed by atoms with van der Waals surface area (Å²) >= 11 is 0. The zero-order valence-corrected chi connectivity index (χ0v) is 6.86. The van der Waals surface area contributed by atoms with E-state index in [1.807, 2.05) is 0 Å². The van der Waals surface area contributed by atoms with E-state index < -0.39 is 23.9 Å². The first-order chi connectivity index (χ1) is 5.49. The van der Waals surface area contributed by atoms with Gasteiger partial charge in [-0.25, -0.2) is 0 Å². The van der Waals surface area contributed by atoms with Crippen LogP contribution in [-0.2, 0) is 9.59 Å². The highest BCUT2D eigenvalue weighted by molar-refractivity contribution is 5.75. The predicted molar refractivity (Wildman–Crippen MR) is 41.6 cm³/mol. The maximum atomic E-state index is 10.4. The summed E-state index contributed by atoms with van der Waals surface area (Å²) in [6.07, 6.45) is 0.268. The number of nitrogens with two attached hydrogens (primary N) is 1. The molecule has 0 spiro atoms. The molecular weight excluding hydrogens is 162 g/mol.